The van der Waals surface area contributed by atoms with Gasteiger partial charge in [0.1, 0.15) is 0 Å². The molecule has 1 saturated heterocycles. The highest BCUT2D eigenvalue weighted by Crippen LogP contribution is 2.26. The molecule has 6 nitrogen and oxygen atoms in total. The standard InChI is InChI=1S/C22H37N5O/c1-3-15-28-21-10-9-18(16-24-21)17-25-22(23-4-2)26-19-11-13-27(14-12-19)20-7-5-6-8-20/h9-10,16,19-20H,3-8,11-15,17H2,1-2H3,(H2,23,25,26). The third kappa shape index (κ3) is 6.36. The Bertz CT molecular complexity index is 589. The molecule has 1 aliphatic heterocycles. The average molecular weight is 388 g/mol. The van der Waals surface area contributed by atoms with Crippen molar-refractivity contribution in [2.24, 2.45) is 4.99 Å². The van der Waals surface area contributed by atoms with Crippen LogP contribution in [0.2, 0.25) is 0 Å². The summed E-state index contributed by atoms with van der Waals surface area (Å²) < 4.78 is 5.54. The molecule has 0 unspecified atom stereocenters. The molecule has 1 aliphatic carbocycles. The second-order valence-electron chi connectivity index (χ2n) is 7.94. The zero-order valence-corrected chi connectivity index (χ0v) is 17.6. The van der Waals surface area contributed by atoms with Crippen molar-refractivity contribution in [2.45, 2.75) is 77.4 Å². The maximum atomic E-state index is 5.54. The van der Waals surface area contributed by atoms with Crippen LogP contribution in [0.25, 0.3) is 0 Å². The Kier molecular flexibility index (Phi) is 8.40. The number of nitrogens with zero attached hydrogens (tertiary/aromatic N) is 3. The average Bonchev–Trinajstić information content (AvgIpc) is 3.27. The van der Waals surface area contributed by atoms with Gasteiger partial charge in [-0.15, -0.1) is 0 Å². The Morgan fingerprint density at radius 1 is 1.18 bits per heavy atom. The first-order chi connectivity index (χ1) is 13.8. The summed E-state index contributed by atoms with van der Waals surface area (Å²) in [4.78, 5) is 11.8. The quantitative estimate of drug-likeness (QED) is 0.529. The molecular weight excluding hydrogens is 350 g/mol. The van der Waals surface area contributed by atoms with Crippen molar-refractivity contribution in [3.8, 4) is 5.88 Å². The number of piperidine rings is 1. The molecular formula is C22H37N5O. The van der Waals surface area contributed by atoms with E-state index in [0.717, 1.165) is 30.5 Å². The SMILES string of the molecule is CCCOc1ccc(CN=C(NCC)NC2CCN(C3CCCC3)CC2)cn1. The Morgan fingerprint density at radius 3 is 2.61 bits per heavy atom. The van der Waals surface area contributed by atoms with Crippen LogP contribution in [0.4, 0.5) is 0 Å². The van der Waals surface area contributed by atoms with E-state index in [1.54, 1.807) is 0 Å². The van der Waals surface area contributed by atoms with E-state index in [-0.39, 0.29) is 0 Å². The smallest absolute Gasteiger partial charge is 0.213 e. The molecule has 28 heavy (non-hydrogen) atoms. The molecule has 3 rings (SSSR count). The summed E-state index contributed by atoms with van der Waals surface area (Å²) in [6, 6.07) is 5.34. The van der Waals surface area contributed by atoms with E-state index in [1.807, 2.05) is 18.3 Å². The lowest BCUT2D eigenvalue weighted by Crippen LogP contribution is -2.50. The first-order valence-electron chi connectivity index (χ1n) is 11.1. The molecule has 2 heterocycles. The van der Waals surface area contributed by atoms with E-state index in [0.29, 0.717) is 25.1 Å². The number of likely N-dealkylation sites (tertiary alicyclic amines) is 1. The predicted octanol–water partition coefficient (Wildman–Crippen LogP) is 3.33. The largest absolute Gasteiger partial charge is 0.478 e. The van der Waals surface area contributed by atoms with Crippen molar-refractivity contribution in [3.63, 3.8) is 0 Å². The lowest BCUT2D eigenvalue weighted by atomic mass is 10.0. The molecule has 1 aromatic heterocycles. The molecule has 0 aromatic carbocycles. The fraction of sp³-hybridized carbons (Fsp3) is 0.727. The van der Waals surface area contributed by atoms with E-state index in [4.69, 9.17) is 9.73 Å². The van der Waals surface area contributed by atoms with Crippen LogP contribution in [-0.4, -0.2) is 54.2 Å². The fourth-order valence-corrected chi connectivity index (χ4v) is 4.16. The fourth-order valence-electron chi connectivity index (χ4n) is 4.16. The normalized spacial score (nSPS) is 19.7. The summed E-state index contributed by atoms with van der Waals surface area (Å²) in [6.07, 6.45) is 10.9. The molecule has 0 radical (unpaired) electrons. The van der Waals surface area contributed by atoms with E-state index < -0.39 is 0 Å². The summed E-state index contributed by atoms with van der Waals surface area (Å²) in [5, 5.41) is 7.03. The van der Waals surface area contributed by atoms with E-state index >= 15 is 0 Å². The van der Waals surface area contributed by atoms with Crippen LogP contribution < -0.4 is 15.4 Å². The molecule has 2 fully saturated rings. The zero-order chi connectivity index (χ0) is 19.6. The molecule has 6 heteroatoms. The van der Waals surface area contributed by atoms with Crippen molar-refractivity contribution in [1.29, 1.82) is 0 Å². The van der Waals surface area contributed by atoms with Crippen molar-refractivity contribution in [1.82, 2.24) is 20.5 Å². The number of hydrogen-bond donors (Lipinski definition) is 2. The van der Waals surface area contributed by atoms with Gasteiger partial charge in [-0.3, -0.25) is 0 Å². The first-order valence-corrected chi connectivity index (χ1v) is 11.1. The Balaban J connectivity index is 1.47. The van der Waals surface area contributed by atoms with Gasteiger partial charge in [-0.1, -0.05) is 25.8 Å². The van der Waals surface area contributed by atoms with Gasteiger partial charge in [0.15, 0.2) is 5.96 Å². The zero-order valence-electron chi connectivity index (χ0n) is 17.6. The van der Waals surface area contributed by atoms with Gasteiger partial charge in [-0.05, 0) is 44.6 Å². The van der Waals surface area contributed by atoms with E-state index in [1.165, 1.54) is 51.6 Å². The lowest BCUT2D eigenvalue weighted by Gasteiger charge is -2.36. The molecule has 2 N–H and O–H groups in total. The highest BCUT2D eigenvalue weighted by molar-refractivity contribution is 5.80. The lowest BCUT2D eigenvalue weighted by molar-refractivity contribution is 0.150. The van der Waals surface area contributed by atoms with Crippen molar-refractivity contribution in [2.75, 3.05) is 26.2 Å². The maximum absolute atomic E-state index is 5.54. The third-order valence-corrected chi connectivity index (χ3v) is 5.73. The number of guanidine groups is 1. The minimum Gasteiger partial charge on any atom is -0.478 e. The van der Waals surface area contributed by atoms with Gasteiger partial charge in [0.05, 0.1) is 13.2 Å². The van der Waals surface area contributed by atoms with E-state index in [9.17, 15) is 0 Å². The van der Waals surface area contributed by atoms with Gasteiger partial charge in [0.2, 0.25) is 5.88 Å². The summed E-state index contributed by atoms with van der Waals surface area (Å²) in [6.45, 7) is 8.83. The summed E-state index contributed by atoms with van der Waals surface area (Å²) in [5.74, 6) is 1.60. The predicted molar refractivity (Wildman–Crippen MR) is 115 cm³/mol. The number of hydrogen-bond acceptors (Lipinski definition) is 4. The number of aromatic nitrogens is 1. The molecule has 0 spiro atoms. The van der Waals surface area contributed by atoms with Gasteiger partial charge in [0.25, 0.3) is 0 Å². The highest BCUT2D eigenvalue weighted by Gasteiger charge is 2.27. The van der Waals surface area contributed by atoms with Gasteiger partial charge >= 0.3 is 0 Å². The van der Waals surface area contributed by atoms with Gasteiger partial charge < -0.3 is 20.3 Å². The van der Waals surface area contributed by atoms with Crippen LogP contribution in [-0.2, 0) is 6.54 Å². The van der Waals surface area contributed by atoms with Crippen molar-refractivity contribution >= 4 is 5.96 Å². The molecule has 0 atom stereocenters. The molecule has 1 saturated carbocycles. The Hall–Kier alpha value is -1.82. The van der Waals surface area contributed by atoms with E-state index in [2.05, 4.69) is 34.4 Å². The molecule has 1 aromatic rings. The first kappa shape index (κ1) is 20.9. The summed E-state index contributed by atoms with van der Waals surface area (Å²) in [7, 11) is 0. The van der Waals surface area contributed by atoms with Crippen LogP contribution in [0.5, 0.6) is 5.88 Å². The topological polar surface area (TPSA) is 61.8 Å². The number of rotatable bonds is 8. The molecule has 0 bridgehead atoms. The van der Waals surface area contributed by atoms with Gasteiger partial charge in [-0.25, -0.2) is 9.98 Å². The molecule has 156 valence electrons. The number of pyridine rings is 1. The third-order valence-electron chi connectivity index (χ3n) is 5.73. The highest BCUT2D eigenvalue weighted by atomic mass is 16.5. The Labute approximate surface area is 170 Å². The minimum atomic E-state index is 0.512. The number of ether oxygens (including phenoxy) is 1. The van der Waals surface area contributed by atoms with Crippen LogP contribution in [0.3, 0.4) is 0 Å². The van der Waals surface area contributed by atoms with Gasteiger partial charge in [-0.2, -0.15) is 0 Å². The van der Waals surface area contributed by atoms with Crippen LogP contribution in [0.15, 0.2) is 23.3 Å². The van der Waals surface area contributed by atoms with Crippen molar-refractivity contribution < 1.29 is 4.74 Å². The monoisotopic (exact) mass is 387 g/mol. The Morgan fingerprint density at radius 2 is 1.96 bits per heavy atom. The molecule has 2 aliphatic rings. The number of nitrogens with one attached hydrogen (secondary N) is 2. The van der Waals surface area contributed by atoms with Gasteiger partial charge in [0, 0.05) is 44.0 Å². The summed E-state index contributed by atoms with van der Waals surface area (Å²) >= 11 is 0. The minimum absolute atomic E-state index is 0.512. The maximum Gasteiger partial charge on any atom is 0.213 e. The van der Waals surface area contributed by atoms with Crippen molar-refractivity contribution in [3.05, 3.63) is 23.9 Å². The molecule has 0 amide bonds. The summed E-state index contributed by atoms with van der Waals surface area (Å²) in [5.41, 5.74) is 1.09. The van der Waals surface area contributed by atoms with Crippen LogP contribution in [0, 0.1) is 0 Å². The second kappa shape index (κ2) is 11.2. The second-order valence-corrected chi connectivity index (χ2v) is 7.94. The van der Waals surface area contributed by atoms with Crippen LogP contribution >= 0.6 is 0 Å². The number of aliphatic imine (C=N–C) groups is 1. The van der Waals surface area contributed by atoms with Crippen LogP contribution in [0.1, 0.15) is 64.4 Å².